The molecule has 6 nitrogen and oxygen atoms in total. The lowest BCUT2D eigenvalue weighted by molar-refractivity contribution is -0.126. The van der Waals surface area contributed by atoms with Crippen molar-refractivity contribution in [2.75, 3.05) is 18.8 Å². The lowest BCUT2D eigenvalue weighted by Gasteiger charge is -2.22. The van der Waals surface area contributed by atoms with Crippen molar-refractivity contribution >= 4 is 39.7 Å². The van der Waals surface area contributed by atoms with E-state index in [1.54, 1.807) is 11.0 Å². The Kier molecular flexibility index (Phi) is 3.37. The highest BCUT2D eigenvalue weighted by Crippen LogP contribution is 2.27. The van der Waals surface area contributed by atoms with E-state index < -0.39 is 0 Å². The highest BCUT2D eigenvalue weighted by molar-refractivity contribution is 8.14. The molecule has 4 rings (SSSR count). The van der Waals surface area contributed by atoms with Crippen LogP contribution in [0, 0.1) is 0 Å². The number of carbonyl (C=O) groups is 3. The average molecular weight is 329 g/mol. The number of aromatic amines is 1. The summed E-state index contributed by atoms with van der Waals surface area (Å²) in [4.78, 5) is 42.4. The van der Waals surface area contributed by atoms with Gasteiger partial charge in [-0.25, -0.2) is 0 Å². The summed E-state index contributed by atoms with van der Waals surface area (Å²) in [6, 6.07) is 7.29. The predicted octanol–water partition coefficient (Wildman–Crippen LogP) is 2.08. The Hall–Kier alpha value is -2.28. The van der Waals surface area contributed by atoms with Gasteiger partial charge in [-0.05, 0) is 30.7 Å². The third kappa shape index (κ3) is 2.41. The first kappa shape index (κ1) is 14.3. The largest absolute Gasteiger partial charge is 0.361 e. The molecule has 0 spiro atoms. The van der Waals surface area contributed by atoms with Crippen molar-refractivity contribution in [3.05, 3.63) is 36.0 Å². The lowest BCUT2D eigenvalue weighted by Crippen LogP contribution is -2.41. The molecule has 1 aromatic heterocycles. The highest BCUT2D eigenvalue weighted by atomic mass is 32.2. The highest BCUT2D eigenvalue weighted by Gasteiger charge is 2.40. The standard InChI is InChI=1S/C16H15N3O3S/c20-14-9-23-16(22)19(14)12-4-6-18(8-12)15(21)11-1-2-13-10(7-11)3-5-17-13/h1-3,5,7,12,17H,4,6,8-9H2. The second-order valence-corrected chi connectivity index (χ2v) is 6.72. The summed E-state index contributed by atoms with van der Waals surface area (Å²) >= 11 is 1.04. The molecule has 2 aliphatic rings. The van der Waals surface area contributed by atoms with Crippen LogP contribution in [0.15, 0.2) is 30.5 Å². The number of nitrogens with zero attached hydrogens (tertiary/aromatic N) is 2. The zero-order valence-corrected chi connectivity index (χ0v) is 13.1. The number of carbonyl (C=O) groups excluding carboxylic acids is 3. The van der Waals surface area contributed by atoms with Crippen LogP contribution < -0.4 is 0 Å². The maximum absolute atomic E-state index is 12.7. The number of hydrogen-bond donors (Lipinski definition) is 1. The summed E-state index contributed by atoms with van der Waals surface area (Å²) in [7, 11) is 0. The van der Waals surface area contributed by atoms with Crippen molar-refractivity contribution in [2.24, 2.45) is 0 Å². The van der Waals surface area contributed by atoms with E-state index in [0.29, 0.717) is 25.1 Å². The van der Waals surface area contributed by atoms with E-state index in [2.05, 4.69) is 4.98 Å². The number of amides is 3. The first-order valence-corrected chi connectivity index (χ1v) is 8.47. The summed E-state index contributed by atoms with van der Waals surface area (Å²) in [5, 5.41) is 0.802. The first-order chi connectivity index (χ1) is 11.1. The molecular weight excluding hydrogens is 314 g/mol. The van der Waals surface area contributed by atoms with Gasteiger partial charge in [0.25, 0.3) is 11.1 Å². The molecular formula is C16H15N3O3S. The second kappa shape index (κ2) is 5.42. The van der Waals surface area contributed by atoms with Crippen LogP contribution in [0.1, 0.15) is 16.8 Å². The Morgan fingerprint density at radius 2 is 2.13 bits per heavy atom. The quantitative estimate of drug-likeness (QED) is 0.915. The fourth-order valence-electron chi connectivity index (χ4n) is 3.22. The van der Waals surface area contributed by atoms with Crippen LogP contribution in [0.25, 0.3) is 10.9 Å². The van der Waals surface area contributed by atoms with Crippen molar-refractivity contribution in [1.82, 2.24) is 14.8 Å². The fraction of sp³-hybridized carbons (Fsp3) is 0.312. The van der Waals surface area contributed by atoms with Crippen molar-refractivity contribution in [3.63, 3.8) is 0 Å². The van der Waals surface area contributed by atoms with Gasteiger partial charge in [-0.15, -0.1) is 0 Å². The molecule has 1 aromatic carbocycles. The number of rotatable bonds is 2. The first-order valence-electron chi connectivity index (χ1n) is 7.49. The predicted molar refractivity (Wildman–Crippen MR) is 87.3 cm³/mol. The Morgan fingerprint density at radius 1 is 1.26 bits per heavy atom. The van der Waals surface area contributed by atoms with Gasteiger partial charge in [-0.3, -0.25) is 19.3 Å². The molecule has 7 heteroatoms. The zero-order chi connectivity index (χ0) is 16.0. The molecule has 118 valence electrons. The van der Waals surface area contributed by atoms with Crippen LogP contribution in [0.4, 0.5) is 4.79 Å². The van der Waals surface area contributed by atoms with Gasteiger partial charge < -0.3 is 9.88 Å². The minimum absolute atomic E-state index is 0.0534. The molecule has 3 heterocycles. The van der Waals surface area contributed by atoms with E-state index >= 15 is 0 Å². The minimum Gasteiger partial charge on any atom is -0.361 e. The summed E-state index contributed by atoms with van der Waals surface area (Å²) < 4.78 is 0. The Labute approximate surface area is 136 Å². The molecule has 1 atom stereocenters. The third-order valence-corrected chi connectivity index (χ3v) is 5.24. The van der Waals surface area contributed by atoms with E-state index in [9.17, 15) is 14.4 Å². The van der Waals surface area contributed by atoms with Gasteiger partial charge in [0.1, 0.15) is 0 Å². The van der Waals surface area contributed by atoms with Crippen LogP contribution in [0.2, 0.25) is 0 Å². The number of benzene rings is 1. The van der Waals surface area contributed by atoms with E-state index in [1.807, 2.05) is 24.4 Å². The van der Waals surface area contributed by atoms with Crippen LogP contribution in [0.5, 0.6) is 0 Å². The van der Waals surface area contributed by atoms with E-state index in [-0.39, 0.29) is 28.8 Å². The Balaban J connectivity index is 1.51. The number of imide groups is 1. The summed E-state index contributed by atoms with van der Waals surface area (Å²) in [5.74, 6) is 0.0170. The van der Waals surface area contributed by atoms with Gasteiger partial charge in [0, 0.05) is 35.8 Å². The van der Waals surface area contributed by atoms with Gasteiger partial charge in [0.05, 0.1) is 11.8 Å². The van der Waals surface area contributed by atoms with Crippen molar-refractivity contribution in [1.29, 1.82) is 0 Å². The van der Waals surface area contributed by atoms with Crippen LogP contribution >= 0.6 is 11.8 Å². The zero-order valence-electron chi connectivity index (χ0n) is 12.3. The summed E-state index contributed by atoms with van der Waals surface area (Å²) in [6.45, 7) is 0.985. The number of thioether (sulfide) groups is 1. The van der Waals surface area contributed by atoms with Crippen LogP contribution in [-0.4, -0.2) is 56.7 Å². The number of fused-ring (bicyclic) bond motifs is 1. The van der Waals surface area contributed by atoms with Crippen molar-refractivity contribution < 1.29 is 14.4 Å². The van der Waals surface area contributed by atoms with Gasteiger partial charge in [-0.1, -0.05) is 11.8 Å². The molecule has 23 heavy (non-hydrogen) atoms. The fourth-order valence-corrected chi connectivity index (χ4v) is 4.00. The molecule has 2 fully saturated rings. The monoisotopic (exact) mass is 329 g/mol. The molecule has 2 aromatic rings. The molecule has 0 aliphatic carbocycles. The molecule has 1 N–H and O–H groups in total. The Bertz CT molecular complexity index is 800. The molecule has 1 unspecified atom stereocenters. The van der Waals surface area contributed by atoms with E-state index in [0.717, 1.165) is 22.7 Å². The number of H-pyrrole nitrogens is 1. The second-order valence-electron chi connectivity index (χ2n) is 5.79. The third-order valence-electron chi connectivity index (χ3n) is 4.40. The lowest BCUT2D eigenvalue weighted by atomic mass is 10.1. The molecule has 0 bridgehead atoms. The maximum atomic E-state index is 12.7. The molecule has 2 aliphatic heterocycles. The number of hydrogen-bond acceptors (Lipinski definition) is 4. The number of aromatic nitrogens is 1. The molecule has 3 amide bonds. The van der Waals surface area contributed by atoms with Crippen molar-refractivity contribution in [3.8, 4) is 0 Å². The molecule has 0 radical (unpaired) electrons. The number of nitrogens with one attached hydrogen (secondary N) is 1. The summed E-state index contributed by atoms with van der Waals surface area (Å²) in [5.41, 5.74) is 1.62. The van der Waals surface area contributed by atoms with Gasteiger partial charge in [-0.2, -0.15) is 0 Å². The van der Waals surface area contributed by atoms with E-state index in [4.69, 9.17) is 0 Å². The topological polar surface area (TPSA) is 73.5 Å². The van der Waals surface area contributed by atoms with Gasteiger partial charge in [0.15, 0.2) is 0 Å². The van der Waals surface area contributed by atoms with Gasteiger partial charge >= 0.3 is 0 Å². The van der Waals surface area contributed by atoms with E-state index in [1.165, 1.54) is 4.90 Å². The van der Waals surface area contributed by atoms with Crippen LogP contribution in [0.3, 0.4) is 0 Å². The molecule has 0 saturated carbocycles. The van der Waals surface area contributed by atoms with Gasteiger partial charge in [0.2, 0.25) is 5.91 Å². The summed E-state index contributed by atoms with van der Waals surface area (Å²) in [6.07, 6.45) is 2.49. The maximum Gasteiger partial charge on any atom is 0.289 e. The smallest absolute Gasteiger partial charge is 0.289 e. The van der Waals surface area contributed by atoms with Crippen molar-refractivity contribution in [2.45, 2.75) is 12.5 Å². The molecule has 2 saturated heterocycles. The normalized spacial score (nSPS) is 21.7. The number of likely N-dealkylation sites (tertiary alicyclic amines) is 1. The minimum atomic E-state index is -0.192. The van der Waals surface area contributed by atoms with Crippen LogP contribution in [-0.2, 0) is 4.79 Å². The average Bonchev–Trinajstić information content (AvgIpc) is 3.26. The Morgan fingerprint density at radius 3 is 2.91 bits per heavy atom. The SMILES string of the molecule is O=C(c1ccc2[nH]ccc2c1)N1CCC(N2C(=O)CSC2=O)C1.